The molecule has 0 saturated heterocycles. The molecular weight excluding hydrogens is 326 g/mol. The van der Waals surface area contributed by atoms with Crippen LogP contribution in [0, 0.1) is 0 Å². The van der Waals surface area contributed by atoms with Crippen molar-refractivity contribution in [2.24, 2.45) is 0 Å². The molecule has 0 aliphatic carbocycles. The summed E-state index contributed by atoms with van der Waals surface area (Å²) in [5, 5.41) is 13.9. The second-order valence-electron chi connectivity index (χ2n) is 4.26. The molecule has 1 heterocycles. The van der Waals surface area contributed by atoms with Crippen LogP contribution in [0.1, 0.15) is 33.8 Å². The van der Waals surface area contributed by atoms with Crippen LogP contribution in [0.25, 0.3) is 0 Å². The molecule has 0 spiro atoms. The van der Waals surface area contributed by atoms with Crippen molar-refractivity contribution in [1.82, 2.24) is 5.32 Å². The van der Waals surface area contributed by atoms with Gasteiger partial charge in [0, 0.05) is 27.3 Å². The van der Waals surface area contributed by atoms with E-state index in [2.05, 4.69) is 40.3 Å². The Morgan fingerprint density at radius 1 is 1.47 bits per heavy atom. The molecule has 2 aromatic rings. The Morgan fingerprint density at radius 2 is 2.26 bits per heavy atom. The van der Waals surface area contributed by atoms with Crippen LogP contribution in [-0.4, -0.2) is 11.1 Å². The Balaban J connectivity index is 1.96. The molecule has 0 aliphatic rings. The maximum atomic E-state index is 10.8. The molecule has 1 atom stereocenters. The third-order valence-electron chi connectivity index (χ3n) is 2.83. The van der Waals surface area contributed by atoms with Gasteiger partial charge in [-0.15, -0.1) is 11.3 Å². The van der Waals surface area contributed by atoms with Crippen molar-refractivity contribution in [3.8, 4) is 0 Å². The third-order valence-corrected chi connectivity index (χ3v) is 4.26. The first-order valence-corrected chi connectivity index (χ1v) is 7.53. The first-order valence-electron chi connectivity index (χ1n) is 5.86. The molecule has 2 rings (SSSR count). The van der Waals surface area contributed by atoms with Crippen molar-refractivity contribution in [3.05, 3.63) is 56.2 Å². The monoisotopic (exact) mass is 339 g/mol. The summed E-state index contributed by atoms with van der Waals surface area (Å²) in [5.41, 5.74) is 1.56. The summed E-state index contributed by atoms with van der Waals surface area (Å²) in [5.74, 6) is -0.873. The summed E-state index contributed by atoms with van der Waals surface area (Å²) in [6, 6.07) is 10.1. The van der Waals surface area contributed by atoms with Gasteiger partial charge in [-0.2, -0.15) is 0 Å². The predicted octanol–water partition coefficient (Wildman–Crippen LogP) is 4.06. The molecule has 0 bridgehead atoms. The minimum absolute atomic E-state index is 0.216. The zero-order chi connectivity index (χ0) is 13.8. The van der Waals surface area contributed by atoms with Crippen LogP contribution in [0.15, 0.2) is 40.2 Å². The van der Waals surface area contributed by atoms with Gasteiger partial charge >= 0.3 is 5.97 Å². The molecule has 3 nitrogen and oxygen atoms in total. The van der Waals surface area contributed by atoms with E-state index in [4.69, 9.17) is 5.11 Å². The van der Waals surface area contributed by atoms with Gasteiger partial charge in [-0.25, -0.2) is 4.79 Å². The van der Waals surface area contributed by atoms with Gasteiger partial charge in [0.2, 0.25) is 0 Å². The topological polar surface area (TPSA) is 49.3 Å². The van der Waals surface area contributed by atoms with E-state index < -0.39 is 5.97 Å². The molecule has 0 fully saturated rings. The first kappa shape index (κ1) is 14.2. The fourth-order valence-electron chi connectivity index (χ4n) is 1.73. The number of carboxylic acids is 1. The van der Waals surface area contributed by atoms with Crippen LogP contribution < -0.4 is 5.32 Å². The zero-order valence-corrected chi connectivity index (χ0v) is 12.8. The summed E-state index contributed by atoms with van der Waals surface area (Å²) in [6.07, 6.45) is 0. The van der Waals surface area contributed by atoms with Crippen molar-refractivity contribution in [2.75, 3.05) is 0 Å². The Bertz CT molecular complexity index is 582. The number of carbonyl (C=O) groups is 1. The highest BCUT2D eigenvalue weighted by Gasteiger charge is 2.09. The maximum Gasteiger partial charge on any atom is 0.336 e. The minimum Gasteiger partial charge on any atom is -0.478 e. The summed E-state index contributed by atoms with van der Waals surface area (Å²) < 4.78 is 1.06. The molecule has 19 heavy (non-hydrogen) atoms. The lowest BCUT2D eigenvalue weighted by atomic mass is 10.1. The molecule has 0 saturated carbocycles. The van der Waals surface area contributed by atoms with Gasteiger partial charge in [0.1, 0.15) is 0 Å². The van der Waals surface area contributed by atoms with Gasteiger partial charge in [0.25, 0.3) is 0 Å². The van der Waals surface area contributed by atoms with E-state index in [1.807, 2.05) is 12.1 Å². The summed E-state index contributed by atoms with van der Waals surface area (Å²) in [7, 11) is 0. The van der Waals surface area contributed by atoms with Gasteiger partial charge in [-0.3, -0.25) is 0 Å². The number of rotatable bonds is 5. The second kappa shape index (κ2) is 6.32. The molecule has 5 heteroatoms. The molecular formula is C14H14BrNO2S. The lowest BCUT2D eigenvalue weighted by Gasteiger charge is -2.13. The molecule has 0 unspecified atom stereocenters. The average Bonchev–Trinajstić information content (AvgIpc) is 2.85. The van der Waals surface area contributed by atoms with Crippen LogP contribution >= 0.6 is 27.3 Å². The van der Waals surface area contributed by atoms with E-state index in [1.54, 1.807) is 11.4 Å². The third kappa shape index (κ3) is 3.89. The van der Waals surface area contributed by atoms with Gasteiger partial charge in [-0.05, 0) is 30.7 Å². The van der Waals surface area contributed by atoms with Crippen LogP contribution in [0.4, 0.5) is 0 Å². The maximum absolute atomic E-state index is 10.8. The van der Waals surface area contributed by atoms with Gasteiger partial charge in [0.15, 0.2) is 0 Å². The largest absolute Gasteiger partial charge is 0.478 e. The number of aromatic carboxylic acids is 1. The number of carboxylic acid groups (broad SMARTS) is 1. The fourth-order valence-corrected chi connectivity index (χ4v) is 2.96. The van der Waals surface area contributed by atoms with Crippen molar-refractivity contribution < 1.29 is 9.90 Å². The number of hydrogen-bond acceptors (Lipinski definition) is 3. The van der Waals surface area contributed by atoms with Gasteiger partial charge < -0.3 is 10.4 Å². The fraction of sp³-hybridized carbons (Fsp3) is 0.214. The average molecular weight is 340 g/mol. The zero-order valence-electron chi connectivity index (χ0n) is 10.4. The lowest BCUT2D eigenvalue weighted by molar-refractivity contribution is 0.0697. The van der Waals surface area contributed by atoms with Crippen LogP contribution in [0.3, 0.4) is 0 Å². The van der Waals surface area contributed by atoms with Crippen LogP contribution in [0.5, 0.6) is 0 Å². The number of nitrogens with one attached hydrogen (secondary N) is 1. The predicted molar refractivity (Wildman–Crippen MR) is 80.7 cm³/mol. The Labute approximate surface area is 124 Å². The molecule has 0 aliphatic heterocycles. The second-order valence-corrected chi connectivity index (χ2v) is 6.18. The molecule has 0 amide bonds. The van der Waals surface area contributed by atoms with Gasteiger partial charge in [0.05, 0.1) is 5.56 Å². The molecule has 100 valence electrons. The Hall–Kier alpha value is -1.17. The number of hydrogen-bond donors (Lipinski definition) is 2. The van der Waals surface area contributed by atoms with Gasteiger partial charge in [-0.1, -0.05) is 28.1 Å². The number of halogens is 1. The minimum atomic E-state index is -0.873. The molecule has 2 N–H and O–H groups in total. The highest BCUT2D eigenvalue weighted by molar-refractivity contribution is 9.10. The van der Waals surface area contributed by atoms with E-state index in [1.165, 1.54) is 16.9 Å². The Kier molecular flexibility index (Phi) is 4.74. The van der Waals surface area contributed by atoms with E-state index in [0.29, 0.717) is 12.1 Å². The highest BCUT2D eigenvalue weighted by Crippen LogP contribution is 2.20. The quantitative estimate of drug-likeness (QED) is 0.863. The standard InChI is InChI=1S/C14H14BrNO2S/c1-9(10-3-2-4-12(15)5-10)16-7-13-6-11(8-19-13)14(17)18/h2-6,8-9,16H,7H2,1H3,(H,17,18)/t9-/m0/s1. The summed E-state index contributed by atoms with van der Waals surface area (Å²) in [4.78, 5) is 11.8. The van der Waals surface area contributed by atoms with Crippen molar-refractivity contribution in [2.45, 2.75) is 19.5 Å². The number of benzene rings is 1. The lowest BCUT2D eigenvalue weighted by Crippen LogP contribution is -2.17. The van der Waals surface area contributed by atoms with Crippen molar-refractivity contribution >= 4 is 33.2 Å². The number of thiophene rings is 1. The first-order chi connectivity index (χ1) is 9.06. The highest BCUT2D eigenvalue weighted by atomic mass is 79.9. The van der Waals surface area contributed by atoms with Crippen molar-refractivity contribution in [3.63, 3.8) is 0 Å². The van der Waals surface area contributed by atoms with E-state index in [9.17, 15) is 4.79 Å². The summed E-state index contributed by atoms with van der Waals surface area (Å²) >= 11 is 4.92. The van der Waals surface area contributed by atoms with Crippen LogP contribution in [0.2, 0.25) is 0 Å². The van der Waals surface area contributed by atoms with E-state index in [0.717, 1.165) is 9.35 Å². The van der Waals surface area contributed by atoms with E-state index in [-0.39, 0.29) is 6.04 Å². The van der Waals surface area contributed by atoms with E-state index >= 15 is 0 Å². The molecule has 0 radical (unpaired) electrons. The normalized spacial score (nSPS) is 12.3. The molecule has 1 aromatic carbocycles. The molecule has 1 aromatic heterocycles. The Morgan fingerprint density at radius 3 is 2.89 bits per heavy atom. The van der Waals surface area contributed by atoms with Crippen molar-refractivity contribution in [1.29, 1.82) is 0 Å². The smallest absolute Gasteiger partial charge is 0.336 e. The summed E-state index contributed by atoms with van der Waals surface area (Å²) in [6.45, 7) is 2.76. The SMILES string of the molecule is C[C@H](NCc1cc(C(=O)O)cs1)c1cccc(Br)c1. The van der Waals surface area contributed by atoms with Crippen LogP contribution in [-0.2, 0) is 6.54 Å².